The molecule has 5 rings (SSSR count). The van der Waals surface area contributed by atoms with Crippen LogP contribution in [0.15, 0.2) is 46.9 Å². The van der Waals surface area contributed by atoms with E-state index >= 15 is 8.78 Å². The molecule has 0 aliphatic carbocycles. The average molecular weight is 550 g/mol. The lowest BCUT2D eigenvalue weighted by Crippen LogP contribution is -2.37. The van der Waals surface area contributed by atoms with Gasteiger partial charge in [0.2, 0.25) is 0 Å². The highest BCUT2D eigenvalue weighted by atomic mass is 19.3. The van der Waals surface area contributed by atoms with Crippen molar-refractivity contribution in [2.75, 3.05) is 49.1 Å². The summed E-state index contributed by atoms with van der Waals surface area (Å²) in [5.74, 6) is -3.93. The van der Waals surface area contributed by atoms with Crippen molar-refractivity contribution in [1.82, 2.24) is 10.4 Å². The number of hydrogen-bond donors (Lipinski definition) is 1. The molecular weight excluding hydrogens is 528 g/mol. The number of rotatable bonds is 6. The monoisotopic (exact) mass is 550 g/mol. The minimum absolute atomic E-state index is 0.0129. The van der Waals surface area contributed by atoms with Crippen molar-refractivity contribution in [3.63, 3.8) is 0 Å². The van der Waals surface area contributed by atoms with Gasteiger partial charge in [-0.2, -0.15) is 8.78 Å². The zero-order valence-corrected chi connectivity index (χ0v) is 20.2. The largest absolute Gasteiger partial charge is 0.451 e. The van der Waals surface area contributed by atoms with Crippen LogP contribution < -0.4 is 15.1 Å². The highest BCUT2D eigenvalue weighted by Crippen LogP contribution is 2.31. The fraction of sp³-hybridized carbons (Fsp3) is 0.320. The molecule has 3 heterocycles. The Bertz CT molecular complexity index is 1360. The van der Waals surface area contributed by atoms with Crippen LogP contribution >= 0.6 is 0 Å². The van der Waals surface area contributed by atoms with Crippen molar-refractivity contribution in [3.8, 4) is 0 Å². The predicted molar refractivity (Wildman–Crippen MR) is 128 cm³/mol. The van der Waals surface area contributed by atoms with Crippen LogP contribution in [-0.2, 0) is 14.4 Å². The molecule has 2 fully saturated rings. The first-order valence-electron chi connectivity index (χ1n) is 11.9. The minimum Gasteiger partial charge on any atom is -0.451 e. The minimum atomic E-state index is -3.23. The molecule has 0 bridgehead atoms. The van der Waals surface area contributed by atoms with Gasteiger partial charge >= 0.3 is 18.4 Å². The molecule has 39 heavy (non-hydrogen) atoms. The maximum atomic E-state index is 15.2. The van der Waals surface area contributed by atoms with E-state index in [0.29, 0.717) is 5.58 Å². The summed E-state index contributed by atoms with van der Waals surface area (Å²) >= 11 is 0. The van der Waals surface area contributed by atoms with E-state index in [0.717, 1.165) is 27.5 Å². The van der Waals surface area contributed by atoms with Crippen LogP contribution in [0, 0.1) is 11.6 Å². The van der Waals surface area contributed by atoms with Crippen LogP contribution in [0.4, 0.5) is 33.7 Å². The Kier molecular flexibility index (Phi) is 7.28. The molecule has 2 saturated heterocycles. The van der Waals surface area contributed by atoms with Crippen LogP contribution in [0.5, 0.6) is 0 Å². The SMILES string of the molecule is O=C(NCC1CN(c2cc(F)c(N3CCON(C(=O)c4cc5ccccc5o4)CC3)c(F)c2)C(=O)O1)C(F)F. The predicted octanol–water partition coefficient (Wildman–Crippen LogP) is 3.31. The summed E-state index contributed by atoms with van der Waals surface area (Å²) in [6.45, 7) is -0.549. The first-order valence-corrected chi connectivity index (χ1v) is 11.9. The maximum absolute atomic E-state index is 15.2. The topological polar surface area (TPSA) is 105 Å². The van der Waals surface area contributed by atoms with Gasteiger partial charge in [-0.1, -0.05) is 18.2 Å². The number of benzene rings is 2. The third-order valence-corrected chi connectivity index (χ3v) is 6.25. The first-order chi connectivity index (χ1) is 18.7. The smallest absolute Gasteiger partial charge is 0.414 e. The Morgan fingerprint density at radius 2 is 1.79 bits per heavy atom. The number of halogens is 4. The zero-order chi connectivity index (χ0) is 27.7. The molecule has 0 saturated carbocycles. The normalized spacial score (nSPS) is 18.0. The molecule has 3 aromatic rings. The van der Waals surface area contributed by atoms with Gasteiger partial charge in [0.1, 0.15) is 17.4 Å². The summed E-state index contributed by atoms with van der Waals surface area (Å²) in [5.41, 5.74) is 0.0236. The lowest BCUT2D eigenvalue weighted by atomic mass is 10.2. The third kappa shape index (κ3) is 5.46. The van der Waals surface area contributed by atoms with Gasteiger partial charge in [-0.15, -0.1) is 0 Å². The van der Waals surface area contributed by atoms with Gasteiger partial charge in [0.05, 0.1) is 31.9 Å². The van der Waals surface area contributed by atoms with Gasteiger partial charge in [-0.3, -0.25) is 19.3 Å². The van der Waals surface area contributed by atoms with E-state index in [2.05, 4.69) is 0 Å². The van der Waals surface area contributed by atoms with Gasteiger partial charge in [0.15, 0.2) is 17.4 Å². The quantitative estimate of drug-likeness (QED) is 0.470. The van der Waals surface area contributed by atoms with Gasteiger partial charge in [0.25, 0.3) is 5.91 Å². The molecular formula is C25H22F4N4O6. The molecule has 2 aliphatic rings. The van der Waals surface area contributed by atoms with Crippen LogP contribution in [0.2, 0.25) is 0 Å². The second-order valence-electron chi connectivity index (χ2n) is 8.80. The van der Waals surface area contributed by atoms with Crippen LogP contribution in [0.3, 0.4) is 0 Å². The second kappa shape index (κ2) is 10.8. The number of ether oxygens (including phenoxy) is 1. The lowest BCUT2D eigenvalue weighted by molar-refractivity contribution is -0.132. The molecule has 0 spiro atoms. The third-order valence-electron chi connectivity index (χ3n) is 6.25. The highest BCUT2D eigenvalue weighted by Gasteiger charge is 2.35. The number of cyclic esters (lactones) is 1. The zero-order valence-electron chi connectivity index (χ0n) is 20.2. The van der Waals surface area contributed by atoms with Crippen molar-refractivity contribution >= 4 is 40.3 Å². The number of para-hydroxylation sites is 1. The van der Waals surface area contributed by atoms with E-state index in [1.807, 2.05) is 11.4 Å². The number of fused-ring (bicyclic) bond motifs is 1. The van der Waals surface area contributed by atoms with Gasteiger partial charge < -0.3 is 19.4 Å². The Morgan fingerprint density at radius 1 is 1.05 bits per heavy atom. The molecule has 3 amide bonds. The van der Waals surface area contributed by atoms with E-state index in [4.69, 9.17) is 14.0 Å². The number of hydrogen-bond acceptors (Lipinski definition) is 7. The van der Waals surface area contributed by atoms with Crippen molar-refractivity contribution in [1.29, 1.82) is 0 Å². The molecule has 1 atom stereocenters. The van der Waals surface area contributed by atoms with Gasteiger partial charge in [0, 0.05) is 30.6 Å². The van der Waals surface area contributed by atoms with E-state index in [9.17, 15) is 23.2 Å². The summed E-state index contributed by atoms with van der Waals surface area (Å²) in [6, 6.07) is 10.6. The molecule has 10 nitrogen and oxygen atoms in total. The summed E-state index contributed by atoms with van der Waals surface area (Å²) in [5, 5.41) is 3.75. The van der Waals surface area contributed by atoms with E-state index in [1.165, 1.54) is 4.90 Å². The second-order valence-corrected chi connectivity index (χ2v) is 8.80. The Morgan fingerprint density at radius 3 is 2.51 bits per heavy atom. The number of carbonyl (C=O) groups excluding carboxylic acids is 3. The number of hydroxylamine groups is 2. The molecule has 1 unspecified atom stereocenters. The standard InChI is InChI=1S/C25H22F4N4O6/c26-17-10-15(32-13-16(38-25(32)36)12-30-23(34)22(28)29)11-18(27)21(17)31-5-6-33(37-8-7-31)24(35)20-9-14-3-1-2-4-19(14)39-20/h1-4,9-11,16,22H,5-8,12-13H2,(H,30,34). The maximum Gasteiger partial charge on any atom is 0.414 e. The molecule has 14 heteroatoms. The molecule has 2 aromatic carbocycles. The van der Waals surface area contributed by atoms with Gasteiger partial charge in [-0.05, 0) is 12.1 Å². The molecule has 2 aliphatic heterocycles. The molecule has 1 aromatic heterocycles. The highest BCUT2D eigenvalue weighted by molar-refractivity contribution is 5.95. The van der Waals surface area contributed by atoms with Crippen LogP contribution in [0.1, 0.15) is 10.6 Å². The number of carbonyl (C=O) groups is 3. The molecule has 0 radical (unpaired) electrons. The number of nitrogens with zero attached hydrogens (tertiary/aromatic N) is 3. The number of furan rings is 1. The van der Waals surface area contributed by atoms with E-state index in [-0.39, 0.29) is 56.5 Å². The number of nitrogens with one attached hydrogen (secondary N) is 1. The van der Waals surface area contributed by atoms with Crippen LogP contribution in [-0.4, -0.2) is 74.8 Å². The van der Waals surface area contributed by atoms with E-state index in [1.54, 1.807) is 24.3 Å². The summed E-state index contributed by atoms with van der Waals surface area (Å²) in [6.07, 6.45) is -5.15. The van der Waals surface area contributed by atoms with E-state index < -0.39 is 42.1 Å². The average Bonchev–Trinajstić information content (AvgIpc) is 3.42. The fourth-order valence-electron chi connectivity index (χ4n) is 4.38. The lowest BCUT2D eigenvalue weighted by Gasteiger charge is -2.24. The number of amides is 3. The summed E-state index contributed by atoms with van der Waals surface area (Å²) in [7, 11) is 0. The Balaban J connectivity index is 1.25. The van der Waals surface area contributed by atoms with Crippen molar-refractivity contribution < 1.29 is 45.9 Å². The Labute approximate surface area is 218 Å². The summed E-state index contributed by atoms with van der Waals surface area (Å²) in [4.78, 5) is 44.0. The molecule has 206 valence electrons. The number of anilines is 2. The van der Waals surface area contributed by atoms with Crippen molar-refractivity contribution in [3.05, 3.63) is 59.9 Å². The fourth-order valence-corrected chi connectivity index (χ4v) is 4.38. The number of alkyl halides is 2. The molecule has 1 N–H and O–H groups in total. The van der Waals surface area contributed by atoms with Crippen molar-refractivity contribution in [2.24, 2.45) is 0 Å². The first kappa shape index (κ1) is 26.3. The van der Waals surface area contributed by atoms with Gasteiger partial charge in [-0.25, -0.2) is 18.6 Å². The van der Waals surface area contributed by atoms with Crippen molar-refractivity contribution in [2.45, 2.75) is 12.5 Å². The summed E-state index contributed by atoms with van der Waals surface area (Å²) < 4.78 is 65.6. The Hall–Kier alpha value is -4.33. The van der Waals surface area contributed by atoms with Crippen LogP contribution in [0.25, 0.3) is 11.0 Å².